The van der Waals surface area contributed by atoms with Crippen molar-refractivity contribution in [2.75, 3.05) is 18.4 Å². The molecular formula is C26H30F3N7O3S. The zero-order chi connectivity index (χ0) is 29.4. The average molecular weight is 578 g/mol. The first-order valence-electron chi connectivity index (χ1n) is 12.4. The largest absolute Gasteiger partial charge is 0.416 e. The fraction of sp³-hybridized carbons (Fsp3) is 0.385. The Morgan fingerprint density at radius 3 is 2.58 bits per heavy atom. The molecular weight excluding hydrogens is 547 g/mol. The van der Waals surface area contributed by atoms with Crippen LogP contribution in [0.25, 0.3) is 0 Å². The maximum atomic E-state index is 13.4. The molecule has 1 saturated heterocycles. The number of nitrogens with zero attached hydrogens (tertiary/aromatic N) is 5. The zero-order valence-corrected chi connectivity index (χ0v) is 23.1. The number of allylic oxidation sites excluding steroid dienone is 1. The molecule has 0 aromatic carbocycles. The van der Waals surface area contributed by atoms with Gasteiger partial charge in [0, 0.05) is 44.0 Å². The molecule has 3 N–H and O–H groups in total. The summed E-state index contributed by atoms with van der Waals surface area (Å²) in [4.78, 5) is 40.0. The van der Waals surface area contributed by atoms with Crippen molar-refractivity contribution in [3.05, 3.63) is 63.5 Å². The summed E-state index contributed by atoms with van der Waals surface area (Å²) < 4.78 is 40.1. The number of aryl methyl sites for hydroxylation is 1. The van der Waals surface area contributed by atoms with Crippen LogP contribution in [-0.4, -0.2) is 56.9 Å². The highest BCUT2D eigenvalue weighted by molar-refractivity contribution is 7.13. The SMILES string of the molecule is C=C(/C=C(\N=CC)C(=O)N[C@H](C)c1ncc(C(=O)Nc2cc(C(F)(F)F)c(CC)cn2)s1)N1CCC(=NO)CC1. The number of halogens is 3. The number of oxime groups is 1. The number of carbonyl (C=O) groups is 2. The van der Waals surface area contributed by atoms with Crippen molar-refractivity contribution in [3.8, 4) is 0 Å². The molecule has 14 heteroatoms. The van der Waals surface area contributed by atoms with Crippen LogP contribution in [0.5, 0.6) is 0 Å². The average Bonchev–Trinajstić information content (AvgIpc) is 3.43. The highest BCUT2D eigenvalue weighted by Crippen LogP contribution is 2.33. The molecule has 1 aliphatic rings. The molecule has 10 nitrogen and oxygen atoms in total. The van der Waals surface area contributed by atoms with Gasteiger partial charge in [-0.15, -0.1) is 11.3 Å². The van der Waals surface area contributed by atoms with Gasteiger partial charge in [-0.1, -0.05) is 18.7 Å². The summed E-state index contributed by atoms with van der Waals surface area (Å²) in [5.41, 5.74) is 0.591. The zero-order valence-electron chi connectivity index (χ0n) is 22.2. The number of aliphatic imine (C=N–C) groups is 1. The van der Waals surface area contributed by atoms with Crippen LogP contribution in [0.15, 0.2) is 52.7 Å². The Kier molecular flexibility index (Phi) is 10.2. The summed E-state index contributed by atoms with van der Waals surface area (Å²) in [6, 6.07) is 0.209. The van der Waals surface area contributed by atoms with Crippen LogP contribution in [0, 0.1) is 0 Å². The first-order valence-corrected chi connectivity index (χ1v) is 13.3. The summed E-state index contributed by atoms with van der Waals surface area (Å²) in [5.74, 6) is -1.38. The van der Waals surface area contributed by atoms with Gasteiger partial charge in [0.25, 0.3) is 11.8 Å². The molecule has 1 fully saturated rings. The van der Waals surface area contributed by atoms with E-state index in [4.69, 9.17) is 5.21 Å². The van der Waals surface area contributed by atoms with Gasteiger partial charge in [0.15, 0.2) is 0 Å². The molecule has 0 spiro atoms. The minimum Gasteiger partial charge on any atom is -0.411 e. The number of alkyl halides is 3. The van der Waals surface area contributed by atoms with Gasteiger partial charge in [-0.3, -0.25) is 14.6 Å². The molecule has 1 aliphatic heterocycles. The summed E-state index contributed by atoms with van der Waals surface area (Å²) in [5, 5.41) is 17.8. The second-order valence-electron chi connectivity index (χ2n) is 8.85. The van der Waals surface area contributed by atoms with Crippen LogP contribution in [0.3, 0.4) is 0 Å². The molecule has 3 heterocycles. The Hall–Kier alpha value is -4.07. The van der Waals surface area contributed by atoms with Gasteiger partial charge < -0.3 is 20.7 Å². The predicted molar refractivity (Wildman–Crippen MR) is 147 cm³/mol. The maximum absolute atomic E-state index is 13.4. The second kappa shape index (κ2) is 13.3. The van der Waals surface area contributed by atoms with Gasteiger partial charge in [0.1, 0.15) is 21.4 Å². The minimum atomic E-state index is -4.58. The smallest absolute Gasteiger partial charge is 0.411 e. The standard InChI is InChI=1S/C26H30F3N7O3S/c1-5-17-13-31-22(12-19(17)26(27,28)29)34-24(38)21-14-32-25(40-21)16(4)33-23(37)20(30-6-2)11-15(3)36-9-7-18(35-39)8-10-36/h6,11-14,16,39H,3,5,7-10H2,1-2,4H3,(H,33,37)(H,31,34,38)/b20-11-,30-6?/t16-/m1/s1. The molecule has 0 saturated carbocycles. The Balaban J connectivity index is 1.67. The topological polar surface area (TPSA) is 132 Å². The lowest BCUT2D eigenvalue weighted by molar-refractivity contribution is -0.138. The monoisotopic (exact) mass is 577 g/mol. The molecule has 214 valence electrons. The molecule has 1 atom stereocenters. The van der Waals surface area contributed by atoms with Crippen LogP contribution in [0.1, 0.15) is 65.5 Å². The number of carbonyl (C=O) groups excluding carboxylic acids is 2. The number of thiazole rings is 1. The number of likely N-dealkylation sites (tertiary alicyclic amines) is 1. The Labute approximate surface area is 233 Å². The van der Waals surface area contributed by atoms with Crippen LogP contribution < -0.4 is 10.6 Å². The van der Waals surface area contributed by atoms with Crippen molar-refractivity contribution >= 4 is 40.9 Å². The lowest BCUT2D eigenvalue weighted by atomic mass is 10.1. The summed E-state index contributed by atoms with van der Waals surface area (Å²) in [7, 11) is 0. The van der Waals surface area contributed by atoms with Gasteiger partial charge in [-0.05, 0) is 38.0 Å². The number of nitrogens with one attached hydrogen (secondary N) is 2. The van der Waals surface area contributed by atoms with E-state index in [-0.39, 0.29) is 28.4 Å². The van der Waals surface area contributed by atoms with Crippen LogP contribution >= 0.6 is 11.3 Å². The van der Waals surface area contributed by atoms with Gasteiger partial charge in [0.05, 0.1) is 23.5 Å². The Morgan fingerprint density at radius 1 is 1.27 bits per heavy atom. The molecule has 0 bridgehead atoms. The third-order valence-corrected chi connectivity index (χ3v) is 7.25. The highest BCUT2D eigenvalue weighted by Gasteiger charge is 2.33. The molecule has 0 radical (unpaired) electrons. The fourth-order valence-corrected chi connectivity index (χ4v) is 4.72. The Morgan fingerprint density at radius 2 is 1.98 bits per heavy atom. The van der Waals surface area contributed by atoms with Crippen molar-refractivity contribution in [3.63, 3.8) is 0 Å². The first-order chi connectivity index (χ1) is 19.0. The number of hydrogen-bond acceptors (Lipinski definition) is 9. The van der Waals surface area contributed by atoms with Crippen LogP contribution in [-0.2, 0) is 17.4 Å². The number of amides is 2. The van der Waals surface area contributed by atoms with E-state index in [0.29, 0.717) is 42.3 Å². The third-order valence-electron chi connectivity index (χ3n) is 6.07. The maximum Gasteiger partial charge on any atom is 0.416 e. The fourth-order valence-electron chi connectivity index (χ4n) is 3.90. The van der Waals surface area contributed by atoms with Crippen molar-refractivity contribution in [2.45, 2.75) is 52.3 Å². The van der Waals surface area contributed by atoms with Crippen LogP contribution in [0.4, 0.5) is 19.0 Å². The molecule has 40 heavy (non-hydrogen) atoms. The molecule has 3 rings (SSSR count). The number of hydrogen-bond donors (Lipinski definition) is 3. The number of anilines is 1. The Bertz CT molecular complexity index is 1340. The number of piperidine rings is 1. The van der Waals surface area contributed by atoms with Crippen molar-refractivity contribution in [1.29, 1.82) is 0 Å². The minimum absolute atomic E-state index is 0.0285. The quantitative estimate of drug-likeness (QED) is 0.127. The molecule has 0 aliphatic carbocycles. The van der Waals surface area contributed by atoms with E-state index in [1.54, 1.807) is 26.8 Å². The van der Waals surface area contributed by atoms with E-state index in [2.05, 4.69) is 37.3 Å². The van der Waals surface area contributed by atoms with Gasteiger partial charge in [-0.25, -0.2) is 9.97 Å². The third kappa shape index (κ3) is 7.74. The number of aromatic nitrogens is 2. The predicted octanol–water partition coefficient (Wildman–Crippen LogP) is 4.96. The van der Waals surface area contributed by atoms with E-state index in [9.17, 15) is 22.8 Å². The van der Waals surface area contributed by atoms with Gasteiger partial charge in [-0.2, -0.15) is 13.2 Å². The summed E-state index contributed by atoms with van der Waals surface area (Å²) in [6.45, 7) is 10.2. The number of rotatable bonds is 9. The second-order valence-corrected chi connectivity index (χ2v) is 9.91. The van der Waals surface area contributed by atoms with Crippen molar-refractivity contribution < 1.29 is 28.0 Å². The summed E-state index contributed by atoms with van der Waals surface area (Å²) in [6.07, 6.45) is 2.16. The van der Waals surface area contributed by atoms with E-state index >= 15 is 0 Å². The molecule has 2 aromatic rings. The van der Waals surface area contributed by atoms with E-state index in [1.165, 1.54) is 12.4 Å². The first kappa shape index (κ1) is 30.5. The molecule has 2 amide bonds. The van der Waals surface area contributed by atoms with Crippen molar-refractivity contribution in [1.82, 2.24) is 20.2 Å². The van der Waals surface area contributed by atoms with Crippen molar-refractivity contribution in [2.24, 2.45) is 10.1 Å². The summed E-state index contributed by atoms with van der Waals surface area (Å²) >= 11 is 0.989. The lowest BCUT2D eigenvalue weighted by Crippen LogP contribution is -2.33. The van der Waals surface area contributed by atoms with Gasteiger partial charge in [0.2, 0.25) is 0 Å². The van der Waals surface area contributed by atoms with Crippen LogP contribution in [0.2, 0.25) is 0 Å². The number of pyridine rings is 1. The highest BCUT2D eigenvalue weighted by atomic mass is 32.1. The van der Waals surface area contributed by atoms with E-state index < -0.39 is 29.6 Å². The molecule has 2 aromatic heterocycles. The van der Waals surface area contributed by atoms with E-state index in [1.807, 2.05) is 4.90 Å². The normalized spacial score (nSPS) is 15.2. The van der Waals surface area contributed by atoms with Gasteiger partial charge >= 0.3 is 6.18 Å². The molecule has 0 unspecified atom stereocenters. The van der Waals surface area contributed by atoms with E-state index in [0.717, 1.165) is 23.6 Å². The lowest BCUT2D eigenvalue weighted by Gasteiger charge is -2.29.